The van der Waals surface area contributed by atoms with Gasteiger partial charge in [-0.15, -0.1) is 0 Å². The molecule has 1 aliphatic rings. The standard InChI is InChI=1S/C15H20FNO/c16-14-8-5-13(6-9-14)11-17-15(18)10-7-12-3-1-2-4-12/h5-6,8-9,12H,1-4,7,10-11H2,(H,17,18). The molecular formula is C15H20FNO. The SMILES string of the molecule is O=C(CCC1CCCC1)NCc1ccc(F)cc1. The van der Waals surface area contributed by atoms with Crippen molar-refractivity contribution in [3.63, 3.8) is 0 Å². The van der Waals surface area contributed by atoms with E-state index >= 15 is 0 Å². The maximum Gasteiger partial charge on any atom is 0.220 e. The Morgan fingerprint density at radius 1 is 1.22 bits per heavy atom. The molecule has 0 bridgehead atoms. The van der Waals surface area contributed by atoms with E-state index in [1.165, 1.54) is 37.8 Å². The Kier molecular flexibility index (Phi) is 4.73. The molecule has 0 spiro atoms. The predicted molar refractivity (Wildman–Crippen MR) is 69.4 cm³/mol. The van der Waals surface area contributed by atoms with Crippen LogP contribution in [0.3, 0.4) is 0 Å². The van der Waals surface area contributed by atoms with Crippen LogP contribution >= 0.6 is 0 Å². The molecule has 2 nitrogen and oxygen atoms in total. The largest absolute Gasteiger partial charge is 0.352 e. The summed E-state index contributed by atoms with van der Waals surface area (Å²) in [7, 11) is 0. The highest BCUT2D eigenvalue weighted by atomic mass is 19.1. The van der Waals surface area contributed by atoms with E-state index in [2.05, 4.69) is 5.32 Å². The second-order valence-corrected chi connectivity index (χ2v) is 5.09. The highest BCUT2D eigenvalue weighted by Crippen LogP contribution is 2.28. The van der Waals surface area contributed by atoms with Crippen molar-refractivity contribution in [2.45, 2.75) is 45.1 Å². The lowest BCUT2D eigenvalue weighted by Gasteiger charge is -2.09. The first-order valence-electron chi connectivity index (χ1n) is 6.75. The summed E-state index contributed by atoms with van der Waals surface area (Å²) in [4.78, 5) is 11.7. The molecule has 1 fully saturated rings. The number of amides is 1. The van der Waals surface area contributed by atoms with Crippen LogP contribution in [0.5, 0.6) is 0 Å². The van der Waals surface area contributed by atoms with Gasteiger partial charge in [-0.2, -0.15) is 0 Å². The first-order chi connectivity index (χ1) is 8.74. The van der Waals surface area contributed by atoms with Gasteiger partial charge in [0.05, 0.1) is 0 Å². The van der Waals surface area contributed by atoms with Gasteiger partial charge in [-0.3, -0.25) is 4.79 Å². The van der Waals surface area contributed by atoms with Crippen LogP contribution in [0.2, 0.25) is 0 Å². The average molecular weight is 249 g/mol. The van der Waals surface area contributed by atoms with Gasteiger partial charge < -0.3 is 5.32 Å². The third-order valence-corrected chi connectivity index (χ3v) is 3.66. The van der Waals surface area contributed by atoms with Crippen LogP contribution in [-0.2, 0) is 11.3 Å². The van der Waals surface area contributed by atoms with Crippen LogP contribution in [0.4, 0.5) is 4.39 Å². The molecule has 1 N–H and O–H groups in total. The monoisotopic (exact) mass is 249 g/mol. The minimum absolute atomic E-state index is 0.103. The Hall–Kier alpha value is -1.38. The molecule has 0 unspecified atom stereocenters. The van der Waals surface area contributed by atoms with E-state index in [1.807, 2.05) is 0 Å². The number of hydrogen-bond acceptors (Lipinski definition) is 1. The fraction of sp³-hybridized carbons (Fsp3) is 0.533. The molecule has 1 aromatic carbocycles. The Morgan fingerprint density at radius 2 is 1.89 bits per heavy atom. The van der Waals surface area contributed by atoms with Crippen molar-refractivity contribution in [1.29, 1.82) is 0 Å². The van der Waals surface area contributed by atoms with Gasteiger partial charge in [-0.25, -0.2) is 4.39 Å². The molecule has 1 aromatic rings. The second kappa shape index (κ2) is 6.53. The summed E-state index contributed by atoms with van der Waals surface area (Å²) in [5, 5.41) is 2.88. The first kappa shape index (κ1) is 13.1. The van der Waals surface area contributed by atoms with E-state index in [-0.39, 0.29) is 11.7 Å². The topological polar surface area (TPSA) is 29.1 Å². The highest BCUT2D eigenvalue weighted by molar-refractivity contribution is 5.75. The van der Waals surface area contributed by atoms with E-state index in [4.69, 9.17) is 0 Å². The molecule has 18 heavy (non-hydrogen) atoms. The van der Waals surface area contributed by atoms with Crippen LogP contribution in [0, 0.1) is 11.7 Å². The first-order valence-corrected chi connectivity index (χ1v) is 6.75. The molecule has 1 aliphatic carbocycles. The number of carbonyl (C=O) groups is 1. The quantitative estimate of drug-likeness (QED) is 0.851. The molecule has 2 rings (SSSR count). The zero-order valence-corrected chi connectivity index (χ0v) is 10.6. The van der Waals surface area contributed by atoms with E-state index in [9.17, 15) is 9.18 Å². The lowest BCUT2D eigenvalue weighted by molar-refractivity contribution is -0.121. The van der Waals surface area contributed by atoms with Gasteiger partial charge in [0.25, 0.3) is 0 Å². The zero-order chi connectivity index (χ0) is 12.8. The Bertz CT molecular complexity index is 382. The summed E-state index contributed by atoms with van der Waals surface area (Å²) in [6.07, 6.45) is 6.83. The van der Waals surface area contributed by atoms with Crippen LogP contribution in [-0.4, -0.2) is 5.91 Å². The van der Waals surface area contributed by atoms with Crippen molar-refractivity contribution < 1.29 is 9.18 Å². The van der Waals surface area contributed by atoms with Crippen molar-refractivity contribution in [3.8, 4) is 0 Å². The number of benzene rings is 1. The molecule has 1 amide bonds. The van der Waals surface area contributed by atoms with E-state index in [0.717, 1.165) is 17.9 Å². The summed E-state index contributed by atoms with van der Waals surface area (Å²) in [5.74, 6) is 0.610. The molecule has 0 heterocycles. The minimum atomic E-state index is -0.244. The number of carbonyl (C=O) groups excluding carboxylic acids is 1. The highest BCUT2D eigenvalue weighted by Gasteiger charge is 2.15. The van der Waals surface area contributed by atoms with E-state index < -0.39 is 0 Å². The maximum atomic E-state index is 12.7. The van der Waals surface area contributed by atoms with Crippen molar-refractivity contribution >= 4 is 5.91 Å². The number of halogens is 1. The van der Waals surface area contributed by atoms with Gasteiger partial charge in [-0.1, -0.05) is 37.8 Å². The van der Waals surface area contributed by atoms with Crippen molar-refractivity contribution in [1.82, 2.24) is 5.32 Å². The van der Waals surface area contributed by atoms with E-state index in [0.29, 0.717) is 13.0 Å². The van der Waals surface area contributed by atoms with Crippen LogP contribution in [0.15, 0.2) is 24.3 Å². The summed E-state index contributed by atoms with van der Waals surface area (Å²) in [6, 6.07) is 6.24. The fourth-order valence-corrected chi connectivity index (χ4v) is 2.53. The number of rotatable bonds is 5. The van der Waals surface area contributed by atoms with Crippen molar-refractivity contribution in [2.75, 3.05) is 0 Å². The molecule has 0 radical (unpaired) electrons. The molecule has 0 atom stereocenters. The molecule has 1 saturated carbocycles. The summed E-state index contributed by atoms with van der Waals surface area (Å²) >= 11 is 0. The number of nitrogens with one attached hydrogen (secondary N) is 1. The van der Waals surface area contributed by atoms with Gasteiger partial charge in [0.15, 0.2) is 0 Å². The second-order valence-electron chi connectivity index (χ2n) is 5.09. The van der Waals surface area contributed by atoms with Crippen LogP contribution < -0.4 is 5.32 Å². The third kappa shape index (κ3) is 4.13. The van der Waals surface area contributed by atoms with Gasteiger partial charge in [0.2, 0.25) is 5.91 Å². The minimum Gasteiger partial charge on any atom is -0.352 e. The molecule has 0 aliphatic heterocycles. The summed E-state index contributed by atoms with van der Waals surface area (Å²) in [5.41, 5.74) is 0.936. The molecular weight excluding hydrogens is 229 g/mol. The third-order valence-electron chi connectivity index (χ3n) is 3.66. The smallest absolute Gasteiger partial charge is 0.220 e. The van der Waals surface area contributed by atoms with E-state index in [1.54, 1.807) is 12.1 Å². The maximum absolute atomic E-state index is 12.7. The van der Waals surface area contributed by atoms with Gasteiger partial charge >= 0.3 is 0 Å². The predicted octanol–water partition coefficient (Wildman–Crippen LogP) is 3.41. The van der Waals surface area contributed by atoms with Crippen molar-refractivity contribution in [3.05, 3.63) is 35.6 Å². The summed E-state index contributed by atoms with van der Waals surface area (Å²) < 4.78 is 12.7. The van der Waals surface area contributed by atoms with Gasteiger partial charge in [-0.05, 0) is 30.0 Å². The lowest BCUT2D eigenvalue weighted by atomic mass is 10.0. The fourth-order valence-electron chi connectivity index (χ4n) is 2.53. The van der Waals surface area contributed by atoms with Gasteiger partial charge in [0.1, 0.15) is 5.82 Å². The molecule has 0 aromatic heterocycles. The van der Waals surface area contributed by atoms with Crippen LogP contribution in [0.1, 0.15) is 44.1 Å². The number of hydrogen-bond donors (Lipinski definition) is 1. The van der Waals surface area contributed by atoms with Crippen LogP contribution in [0.25, 0.3) is 0 Å². The molecule has 98 valence electrons. The van der Waals surface area contributed by atoms with Gasteiger partial charge in [0, 0.05) is 13.0 Å². The molecule has 0 saturated heterocycles. The normalized spacial score (nSPS) is 15.8. The Morgan fingerprint density at radius 3 is 2.56 bits per heavy atom. The average Bonchev–Trinajstić information content (AvgIpc) is 2.89. The lowest BCUT2D eigenvalue weighted by Crippen LogP contribution is -2.22. The Labute approximate surface area is 108 Å². The zero-order valence-electron chi connectivity index (χ0n) is 10.6. The molecule has 3 heteroatoms. The van der Waals surface area contributed by atoms with Crippen molar-refractivity contribution in [2.24, 2.45) is 5.92 Å². The summed E-state index contributed by atoms with van der Waals surface area (Å²) in [6.45, 7) is 0.490. The Balaban J connectivity index is 1.66.